The minimum atomic E-state index is -1.03. The first-order chi connectivity index (χ1) is 19.1. The molecule has 2 aromatic rings. The van der Waals surface area contributed by atoms with Crippen LogP contribution >= 0.6 is 0 Å². The maximum atomic E-state index is 14.3. The van der Waals surface area contributed by atoms with Gasteiger partial charge < -0.3 is 24.8 Å². The van der Waals surface area contributed by atoms with E-state index in [1.165, 1.54) is 5.56 Å². The first-order valence-corrected chi connectivity index (χ1v) is 14.7. The largest absolute Gasteiger partial charge is 0.496 e. The molecule has 2 fully saturated rings. The molecule has 4 atom stereocenters. The Hall–Kier alpha value is -2.90. The normalized spacial score (nSPS) is 23.9. The van der Waals surface area contributed by atoms with Gasteiger partial charge in [0.1, 0.15) is 11.8 Å². The molecule has 1 saturated heterocycles. The molecule has 0 spiro atoms. The molecular weight excluding hydrogens is 504 g/mol. The van der Waals surface area contributed by atoms with Gasteiger partial charge in [-0.05, 0) is 49.8 Å². The quantitative estimate of drug-likeness (QED) is 0.381. The van der Waals surface area contributed by atoms with Crippen LogP contribution in [-0.4, -0.2) is 53.8 Å². The summed E-state index contributed by atoms with van der Waals surface area (Å²) in [5.74, 6) is -0.584. The molecule has 0 aromatic heterocycles. The predicted molar refractivity (Wildman–Crippen MR) is 156 cm³/mol. The fraction of sp³-hybridized carbons (Fsp3) is 0.576. The SMILES string of the molecule is COc1ccc(C(C)C)cc1CN[C@H]1[C@H](C(C)(C)OC)[C@@H](C(=O)O)N(C(=O)C2CCCCC2)[C@H]1c1ccccc1. The lowest BCUT2D eigenvalue weighted by molar-refractivity contribution is -0.156. The van der Waals surface area contributed by atoms with Crippen LogP contribution in [-0.2, 0) is 20.9 Å². The van der Waals surface area contributed by atoms with E-state index in [0.29, 0.717) is 12.5 Å². The van der Waals surface area contributed by atoms with E-state index in [2.05, 4.69) is 31.3 Å². The van der Waals surface area contributed by atoms with E-state index >= 15 is 0 Å². The summed E-state index contributed by atoms with van der Waals surface area (Å²) >= 11 is 0. The summed E-state index contributed by atoms with van der Waals surface area (Å²) in [5, 5.41) is 14.4. The predicted octanol–water partition coefficient (Wildman–Crippen LogP) is 5.94. The Morgan fingerprint density at radius 2 is 1.73 bits per heavy atom. The zero-order valence-electron chi connectivity index (χ0n) is 24.9. The number of methoxy groups -OCH3 is 2. The monoisotopic (exact) mass is 550 g/mol. The van der Waals surface area contributed by atoms with Crippen molar-refractivity contribution >= 4 is 11.9 Å². The number of rotatable bonds is 10. The van der Waals surface area contributed by atoms with Crippen LogP contribution in [0.4, 0.5) is 0 Å². The van der Waals surface area contributed by atoms with Gasteiger partial charge in [-0.3, -0.25) is 4.79 Å². The van der Waals surface area contributed by atoms with Crippen molar-refractivity contribution in [3.63, 3.8) is 0 Å². The zero-order chi connectivity index (χ0) is 29.0. The summed E-state index contributed by atoms with van der Waals surface area (Å²) in [6.45, 7) is 8.64. The van der Waals surface area contributed by atoms with Crippen molar-refractivity contribution in [2.45, 2.75) is 96.0 Å². The van der Waals surface area contributed by atoms with E-state index in [9.17, 15) is 14.7 Å². The fourth-order valence-electron chi connectivity index (χ4n) is 6.75. The Morgan fingerprint density at radius 1 is 1.05 bits per heavy atom. The number of amides is 1. The maximum absolute atomic E-state index is 14.3. The number of carboxylic acid groups (broad SMARTS) is 1. The number of hydrogen-bond acceptors (Lipinski definition) is 5. The minimum absolute atomic E-state index is 0.0541. The Morgan fingerprint density at radius 3 is 2.30 bits per heavy atom. The number of benzene rings is 2. The molecule has 2 aromatic carbocycles. The minimum Gasteiger partial charge on any atom is -0.496 e. The van der Waals surface area contributed by atoms with E-state index in [0.717, 1.165) is 49.0 Å². The lowest BCUT2D eigenvalue weighted by Gasteiger charge is -2.37. The number of nitrogens with zero attached hydrogens (tertiary/aromatic N) is 1. The molecule has 40 heavy (non-hydrogen) atoms. The highest BCUT2D eigenvalue weighted by atomic mass is 16.5. The molecule has 218 valence electrons. The van der Waals surface area contributed by atoms with Crippen molar-refractivity contribution in [3.05, 3.63) is 65.2 Å². The Kier molecular flexibility index (Phi) is 9.57. The molecule has 1 amide bonds. The molecule has 2 aliphatic rings. The zero-order valence-corrected chi connectivity index (χ0v) is 24.9. The number of hydrogen-bond donors (Lipinski definition) is 2. The van der Waals surface area contributed by atoms with Crippen molar-refractivity contribution in [1.82, 2.24) is 10.2 Å². The van der Waals surface area contributed by atoms with E-state index in [4.69, 9.17) is 9.47 Å². The maximum Gasteiger partial charge on any atom is 0.326 e. The van der Waals surface area contributed by atoms with E-state index < -0.39 is 29.6 Å². The first-order valence-electron chi connectivity index (χ1n) is 14.7. The number of carboxylic acids is 1. The first kappa shape index (κ1) is 30.1. The molecule has 1 saturated carbocycles. The number of aliphatic carboxylic acids is 1. The topological polar surface area (TPSA) is 88.1 Å². The van der Waals surface area contributed by atoms with Crippen LogP contribution in [0.5, 0.6) is 5.75 Å². The fourth-order valence-corrected chi connectivity index (χ4v) is 6.75. The summed E-state index contributed by atoms with van der Waals surface area (Å²) in [6.07, 6.45) is 4.73. The van der Waals surface area contributed by atoms with E-state index in [-0.39, 0.29) is 17.9 Å². The average Bonchev–Trinajstić information content (AvgIpc) is 3.32. The lowest BCUT2D eigenvalue weighted by Crippen LogP contribution is -2.53. The third-order valence-electron chi connectivity index (χ3n) is 9.10. The summed E-state index contributed by atoms with van der Waals surface area (Å²) < 4.78 is 11.7. The van der Waals surface area contributed by atoms with Crippen molar-refractivity contribution in [3.8, 4) is 5.75 Å². The second-order valence-electron chi connectivity index (χ2n) is 12.2. The van der Waals surface area contributed by atoms with Crippen molar-refractivity contribution in [1.29, 1.82) is 0 Å². The standard InChI is InChI=1S/C33H46N2O5/c1-21(2)24-17-18-26(39-5)25(19-24)20-34-28-27(33(3,4)40-6)30(32(37)38)35(29(28)22-13-9-7-10-14-22)31(36)23-15-11-8-12-16-23/h7,9-10,13-14,17-19,21,23,27-30,34H,8,11-12,15-16,20H2,1-6H3,(H,37,38)/t27-,28-,29-,30-/m0/s1. The van der Waals surface area contributed by atoms with Crippen LogP contribution in [0.3, 0.4) is 0 Å². The molecule has 1 heterocycles. The van der Waals surface area contributed by atoms with Gasteiger partial charge in [-0.2, -0.15) is 0 Å². The van der Waals surface area contributed by atoms with Gasteiger partial charge in [0.2, 0.25) is 5.91 Å². The molecule has 7 nitrogen and oxygen atoms in total. The molecule has 0 unspecified atom stereocenters. The van der Waals surface area contributed by atoms with Crippen LogP contribution in [0.2, 0.25) is 0 Å². The van der Waals surface area contributed by atoms with Crippen molar-refractivity contribution < 1.29 is 24.2 Å². The van der Waals surface area contributed by atoms with Gasteiger partial charge >= 0.3 is 5.97 Å². The number of carbonyl (C=O) groups excluding carboxylic acids is 1. The molecule has 4 rings (SSSR count). The van der Waals surface area contributed by atoms with Gasteiger partial charge in [0, 0.05) is 37.1 Å². The van der Waals surface area contributed by atoms with Crippen molar-refractivity contribution in [2.75, 3.05) is 14.2 Å². The number of ether oxygens (including phenoxy) is 2. The van der Waals surface area contributed by atoms with E-state index in [1.807, 2.05) is 50.2 Å². The van der Waals surface area contributed by atoms with Crippen molar-refractivity contribution in [2.24, 2.45) is 11.8 Å². The van der Waals surface area contributed by atoms with Gasteiger partial charge in [0.15, 0.2) is 0 Å². The third kappa shape index (κ3) is 6.06. The van der Waals surface area contributed by atoms with Gasteiger partial charge in [-0.15, -0.1) is 0 Å². The smallest absolute Gasteiger partial charge is 0.326 e. The van der Waals surface area contributed by atoms with Crippen LogP contribution in [0.1, 0.15) is 88.4 Å². The Balaban J connectivity index is 1.82. The number of likely N-dealkylation sites (tertiary alicyclic amines) is 1. The van der Waals surface area contributed by atoms with Crippen LogP contribution in [0, 0.1) is 11.8 Å². The molecule has 0 radical (unpaired) electrons. The average molecular weight is 551 g/mol. The second-order valence-corrected chi connectivity index (χ2v) is 12.2. The van der Waals surface area contributed by atoms with E-state index in [1.54, 1.807) is 19.1 Å². The highest BCUT2D eigenvalue weighted by Crippen LogP contribution is 2.47. The van der Waals surface area contributed by atoms with Crippen LogP contribution < -0.4 is 10.1 Å². The molecule has 2 N–H and O–H groups in total. The summed E-state index contributed by atoms with van der Waals surface area (Å²) in [6, 6.07) is 14.2. The van der Waals surface area contributed by atoms with Gasteiger partial charge in [0.25, 0.3) is 0 Å². The Labute approximate surface area is 239 Å². The number of carbonyl (C=O) groups is 2. The van der Waals surface area contributed by atoms with Crippen LogP contribution in [0.25, 0.3) is 0 Å². The van der Waals surface area contributed by atoms with Gasteiger partial charge in [-0.25, -0.2) is 4.79 Å². The molecule has 1 aliphatic heterocycles. The highest BCUT2D eigenvalue weighted by molar-refractivity contribution is 5.87. The van der Waals surface area contributed by atoms with Gasteiger partial charge in [0.05, 0.1) is 18.8 Å². The summed E-state index contributed by atoms with van der Waals surface area (Å²) in [5.41, 5.74) is 2.31. The number of nitrogens with one attached hydrogen (secondary N) is 1. The summed E-state index contributed by atoms with van der Waals surface area (Å²) in [4.78, 5) is 29.1. The Bertz CT molecular complexity index is 1160. The van der Waals surface area contributed by atoms with Crippen LogP contribution in [0.15, 0.2) is 48.5 Å². The molecule has 0 bridgehead atoms. The summed E-state index contributed by atoms with van der Waals surface area (Å²) in [7, 11) is 3.28. The van der Waals surface area contributed by atoms with Gasteiger partial charge in [-0.1, -0.05) is 75.6 Å². The molecule has 1 aliphatic carbocycles. The third-order valence-corrected chi connectivity index (χ3v) is 9.10. The second kappa shape index (κ2) is 12.7. The molecular formula is C33H46N2O5. The highest BCUT2D eigenvalue weighted by Gasteiger charge is 2.59. The lowest BCUT2D eigenvalue weighted by atomic mass is 9.79. The molecule has 7 heteroatoms.